The Morgan fingerprint density at radius 1 is 0.627 bits per heavy atom. The van der Waals surface area contributed by atoms with Crippen molar-refractivity contribution in [3.8, 4) is 28.6 Å². The quantitative estimate of drug-likeness (QED) is 0.172. The summed E-state index contributed by atoms with van der Waals surface area (Å²) >= 11 is 0. The second-order valence-corrected chi connectivity index (χ2v) is 14.7. The number of imidazole rings is 1. The molecule has 0 aliphatic carbocycles. The predicted molar refractivity (Wildman–Crippen MR) is 209 cm³/mol. The second-order valence-electron chi connectivity index (χ2n) is 14.7. The number of benzene rings is 5. The number of nitrogens with zero attached hydrogens (tertiary/aromatic N) is 4. The third-order valence-electron chi connectivity index (χ3n) is 11.5. The van der Waals surface area contributed by atoms with Crippen LogP contribution in [0.5, 0.6) is 11.5 Å². The number of hydrogen-bond acceptors (Lipinski definition) is 3. The van der Waals surface area contributed by atoms with Crippen LogP contribution in [0.25, 0.3) is 66.2 Å². The third kappa shape index (κ3) is 4.03. The number of ether oxygens (including phenoxy) is 1. The van der Waals surface area contributed by atoms with Gasteiger partial charge in [0, 0.05) is 56.5 Å². The summed E-state index contributed by atoms with van der Waals surface area (Å²) in [7, 11) is 0. The average molecular weight is 663 g/mol. The molecule has 10 rings (SSSR count). The summed E-state index contributed by atoms with van der Waals surface area (Å²) in [5.74, 6) is 3.34. The lowest BCUT2D eigenvalue weighted by molar-refractivity contribution is 0.271. The van der Waals surface area contributed by atoms with E-state index in [-0.39, 0.29) is 5.41 Å². The predicted octanol–water partition coefficient (Wildman–Crippen LogP) is 11.8. The van der Waals surface area contributed by atoms with Gasteiger partial charge >= 0.3 is 0 Å². The molecule has 248 valence electrons. The van der Waals surface area contributed by atoms with E-state index < -0.39 is 0 Å². The molecule has 0 atom stereocenters. The number of rotatable bonds is 5. The van der Waals surface area contributed by atoms with Crippen LogP contribution in [0.3, 0.4) is 0 Å². The molecule has 5 heterocycles. The zero-order valence-electron chi connectivity index (χ0n) is 29.5. The van der Waals surface area contributed by atoms with E-state index in [9.17, 15) is 0 Å². The largest absolute Gasteiger partial charge is 0.457 e. The van der Waals surface area contributed by atoms with Crippen LogP contribution in [0, 0.1) is 18.8 Å². The average Bonchev–Trinajstić information content (AvgIpc) is 3.73. The molecule has 0 bridgehead atoms. The van der Waals surface area contributed by atoms with Crippen LogP contribution in [0.4, 0.5) is 0 Å². The van der Waals surface area contributed by atoms with Crippen LogP contribution >= 0.6 is 0 Å². The maximum atomic E-state index is 6.74. The first-order valence-electron chi connectivity index (χ1n) is 18.0. The molecule has 0 saturated heterocycles. The normalized spacial score (nSPS) is 13.7. The maximum absolute atomic E-state index is 6.74. The van der Waals surface area contributed by atoms with E-state index in [2.05, 4.69) is 165 Å². The Morgan fingerprint density at radius 3 is 2.16 bits per heavy atom. The maximum Gasteiger partial charge on any atom is 0.146 e. The van der Waals surface area contributed by atoms with E-state index in [1.807, 2.05) is 6.20 Å². The Bertz CT molecular complexity index is 2860. The molecule has 1 aliphatic heterocycles. The van der Waals surface area contributed by atoms with Gasteiger partial charge in [0.2, 0.25) is 0 Å². The minimum absolute atomic E-state index is 0.153. The molecule has 0 radical (unpaired) electrons. The van der Waals surface area contributed by atoms with Crippen molar-refractivity contribution in [1.82, 2.24) is 18.9 Å². The Kier molecular flexibility index (Phi) is 6.33. The lowest BCUT2D eigenvalue weighted by atomic mass is 9.59. The third-order valence-corrected chi connectivity index (χ3v) is 11.5. The fourth-order valence-electron chi connectivity index (χ4n) is 9.42. The van der Waals surface area contributed by atoms with E-state index in [1.54, 1.807) is 0 Å². The number of hydrogen-bond donors (Lipinski definition) is 0. The van der Waals surface area contributed by atoms with Crippen molar-refractivity contribution >= 4 is 49.1 Å². The molecule has 9 aromatic rings. The molecule has 5 nitrogen and oxygen atoms in total. The van der Waals surface area contributed by atoms with Crippen molar-refractivity contribution in [3.63, 3.8) is 0 Å². The number of pyridine rings is 2. The van der Waals surface area contributed by atoms with Crippen LogP contribution in [0.2, 0.25) is 0 Å². The van der Waals surface area contributed by atoms with Crippen LogP contribution in [0.1, 0.15) is 44.4 Å². The number of fused-ring (bicyclic) bond motifs is 11. The monoisotopic (exact) mass is 662 g/mol. The highest BCUT2D eigenvalue weighted by atomic mass is 16.5. The first kappa shape index (κ1) is 29.9. The molecular weight excluding hydrogens is 625 g/mol. The standard InChI is InChI=1S/C46H38N4O/c1-27(2)46(28(3)4)38-16-10-15-36-35-22-20-31(25-42(35)50(43(36)38)45-39(46)17-11-23-47-45)51-30-19-21-33-34-14-8-9-18-41(34)49-26-40(48-44(49)37(33)24-30)32-13-7-6-12-29(32)5/h6-28H,1-5H3. The molecule has 0 spiro atoms. The minimum atomic E-state index is -0.153. The van der Waals surface area contributed by atoms with Gasteiger partial charge in [-0.2, -0.15) is 0 Å². The summed E-state index contributed by atoms with van der Waals surface area (Å²) in [5, 5.41) is 5.84. The topological polar surface area (TPSA) is 44.4 Å². The number of aryl methyl sites for hydroxylation is 1. The Balaban J connectivity index is 1.16. The van der Waals surface area contributed by atoms with Crippen molar-refractivity contribution in [2.45, 2.75) is 40.0 Å². The van der Waals surface area contributed by atoms with E-state index >= 15 is 0 Å². The number of aromatic nitrogens is 4. The minimum Gasteiger partial charge on any atom is -0.457 e. The van der Waals surface area contributed by atoms with Gasteiger partial charge in [-0.05, 0) is 77.7 Å². The van der Waals surface area contributed by atoms with E-state index in [4.69, 9.17) is 14.7 Å². The fraction of sp³-hybridized carbons (Fsp3) is 0.174. The summed E-state index contributed by atoms with van der Waals surface area (Å²) in [6.45, 7) is 11.6. The molecule has 5 heteroatoms. The van der Waals surface area contributed by atoms with Gasteiger partial charge in [0.25, 0.3) is 0 Å². The highest BCUT2D eigenvalue weighted by molar-refractivity contribution is 6.13. The molecule has 4 aromatic heterocycles. The Morgan fingerprint density at radius 2 is 1.33 bits per heavy atom. The lowest BCUT2D eigenvalue weighted by Gasteiger charge is -2.46. The Labute approximate surface area is 296 Å². The Hall–Kier alpha value is -5.94. The van der Waals surface area contributed by atoms with Gasteiger partial charge in [-0.25, -0.2) is 9.97 Å². The van der Waals surface area contributed by atoms with Crippen molar-refractivity contribution in [2.75, 3.05) is 0 Å². The van der Waals surface area contributed by atoms with Crippen LogP contribution in [0.15, 0.2) is 128 Å². The van der Waals surface area contributed by atoms with Crippen LogP contribution < -0.4 is 4.74 Å². The van der Waals surface area contributed by atoms with Gasteiger partial charge < -0.3 is 4.74 Å². The summed E-state index contributed by atoms with van der Waals surface area (Å²) in [5.41, 5.74) is 10.2. The summed E-state index contributed by atoms with van der Waals surface area (Å²) in [4.78, 5) is 10.3. The van der Waals surface area contributed by atoms with Crippen molar-refractivity contribution < 1.29 is 4.74 Å². The molecule has 0 N–H and O–H groups in total. The molecule has 0 saturated carbocycles. The summed E-state index contributed by atoms with van der Waals surface area (Å²) in [6, 6.07) is 41.1. The molecule has 0 amide bonds. The molecule has 0 unspecified atom stereocenters. The fourth-order valence-corrected chi connectivity index (χ4v) is 9.42. The molecule has 51 heavy (non-hydrogen) atoms. The zero-order valence-corrected chi connectivity index (χ0v) is 29.5. The van der Waals surface area contributed by atoms with Gasteiger partial charge in [-0.3, -0.25) is 8.97 Å². The molecule has 1 aliphatic rings. The van der Waals surface area contributed by atoms with Crippen molar-refractivity contribution in [1.29, 1.82) is 0 Å². The van der Waals surface area contributed by atoms with Crippen LogP contribution in [-0.2, 0) is 5.41 Å². The van der Waals surface area contributed by atoms with Gasteiger partial charge in [-0.15, -0.1) is 0 Å². The SMILES string of the molecule is Cc1ccccc1-c1cn2c3ccccc3c3ccc(Oc4ccc5c6cccc7c6n(c5c4)-c4ncccc4C7(C(C)C)C(C)C)cc3c2n1. The lowest BCUT2D eigenvalue weighted by Crippen LogP contribution is -2.42. The van der Waals surface area contributed by atoms with E-state index in [0.717, 1.165) is 56.0 Å². The van der Waals surface area contributed by atoms with Gasteiger partial charge in [0.05, 0.1) is 22.2 Å². The van der Waals surface area contributed by atoms with E-state index in [1.165, 1.54) is 38.4 Å². The first-order chi connectivity index (χ1) is 24.9. The smallest absolute Gasteiger partial charge is 0.146 e. The molecule has 5 aromatic carbocycles. The zero-order chi connectivity index (χ0) is 34.6. The van der Waals surface area contributed by atoms with Crippen molar-refractivity contribution in [2.24, 2.45) is 11.8 Å². The van der Waals surface area contributed by atoms with Crippen LogP contribution in [-0.4, -0.2) is 18.9 Å². The second kappa shape index (κ2) is 10.8. The summed E-state index contributed by atoms with van der Waals surface area (Å²) in [6.07, 6.45) is 4.09. The number of para-hydroxylation sites is 2. The van der Waals surface area contributed by atoms with Crippen molar-refractivity contribution in [3.05, 3.63) is 144 Å². The summed E-state index contributed by atoms with van der Waals surface area (Å²) < 4.78 is 11.3. The molecule has 0 fully saturated rings. The highest BCUT2D eigenvalue weighted by Gasteiger charge is 2.47. The highest BCUT2D eigenvalue weighted by Crippen LogP contribution is 2.54. The molecular formula is C46H38N4O. The van der Waals surface area contributed by atoms with Gasteiger partial charge in [-0.1, -0.05) is 94.4 Å². The van der Waals surface area contributed by atoms with Gasteiger partial charge in [0.1, 0.15) is 23.0 Å². The van der Waals surface area contributed by atoms with Gasteiger partial charge in [0.15, 0.2) is 0 Å². The first-order valence-corrected chi connectivity index (χ1v) is 18.0. The van der Waals surface area contributed by atoms with E-state index in [0.29, 0.717) is 11.8 Å².